The van der Waals surface area contributed by atoms with Crippen molar-refractivity contribution in [2.24, 2.45) is 17.3 Å². The van der Waals surface area contributed by atoms with Gasteiger partial charge in [0.05, 0.1) is 12.7 Å². The average Bonchev–Trinajstić information content (AvgIpc) is 2.40. The first kappa shape index (κ1) is 15.7. The Hall–Kier alpha value is -0.340. The van der Waals surface area contributed by atoms with Crippen LogP contribution in [0.5, 0.6) is 0 Å². The minimum absolute atomic E-state index is 0.100. The first-order valence-electron chi connectivity index (χ1n) is 7.60. The fourth-order valence-electron chi connectivity index (χ4n) is 3.78. The third kappa shape index (κ3) is 2.50. The molecule has 2 N–H and O–H groups in total. The smallest absolute Gasteiger partial charge is 0.0831 e. The molecule has 0 heterocycles. The van der Waals surface area contributed by atoms with Gasteiger partial charge < -0.3 is 10.2 Å². The van der Waals surface area contributed by atoms with Gasteiger partial charge in [-0.3, -0.25) is 0 Å². The molecule has 106 valence electrons. The van der Waals surface area contributed by atoms with Gasteiger partial charge in [-0.2, -0.15) is 0 Å². The van der Waals surface area contributed by atoms with Crippen molar-refractivity contribution in [1.29, 1.82) is 0 Å². The van der Waals surface area contributed by atoms with Crippen LogP contribution in [0.2, 0.25) is 0 Å². The molecule has 0 spiro atoms. The van der Waals surface area contributed by atoms with Crippen molar-refractivity contribution in [2.75, 3.05) is 6.61 Å². The number of aliphatic hydroxyl groups is 2. The molecule has 0 aliphatic heterocycles. The summed E-state index contributed by atoms with van der Waals surface area (Å²) in [6.07, 6.45) is 6.87. The molecule has 4 atom stereocenters. The Morgan fingerprint density at radius 1 is 1.22 bits per heavy atom. The SMILES string of the molecule is CCC[C@@H]1[C@@H](CC)C=C(CC)[C@H](O)[C@@]1(CC)CO. The van der Waals surface area contributed by atoms with Gasteiger partial charge in [-0.1, -0.05) is 40.2 Å². The molecule has 0 aromatic rings. The molecule has 1 aliphatic rings. The molecule has 0 unspecified atom stereocenters. The number of allylic oxidation sites excluding steroid dienone is 1. The fraction of sp³-hybridized carbons (Fsp3) is 0.875. The van der Waals surface area contributed by atoms with Crippen LogP contribution in [0.3, 0.4) is 0 Å². The zero-order valence-electron chi connectivity index (χ0n) is 12.4. The Kier molecular flexibility index (Phi) is 5.87. The zero-order valence-corrected chi connectivity index (χ0v) is 12.4. The predicted octanol–water partition coefficient (Wildman–Crippen LogP) is 3.53. The fourth-order valence-corrected chi connectivity index (χ4v) is 3.78. The van der Waals surface area contributed by atoms with Gasteiger partial charge in [0, 0.05) is 5.41 Å². The molecule has 1 rings (SSSR count). The molecule has 1 aliphatic carbocycles. The summed E-state index contributed by atoms with van der Waals surface area (Å²) in [6.45, 7) is 8.71. The molecular weight excluding hydrogens is 224 g/mol. The van der Waals surface area contributed by atoms with Crippen LogP contribution in [0.4, 0.5) is 0 Å². The van der Waals surface area contributed by atoms with Gasteiger partial charge in [-0.15, -0.1) is 0 Å². The van der Waals surface area contributed by atoms with Crippen molar-refractivity contribution in [3.63, 3.8) is 0 Å². The zero-order chi connectivity index (χ0) is 13.8. The van der Waals surface area contributed by atoms with E-state index in [0.717, 1.165) is 37.7 Å². The van der Waals surface area contributed by atoms with Crippen molar-refractivity contribution in [1.82, 2.24) is 0 Å². The lowest BCUT2D eigenvalue weighted by atomic mass is 9.57. The minimum Gasteiger partial charge on any atom is -0.396 e. The molecule has 2 heteroatoms. The second-order valence-corrected chi connectivity index (χ2v) is 5.71. The number of rotatable bonds is 6. The van der Waals surface area contributed by atoms with E-state index in [-0.39, 0.29) is 12.0 Å². The van der Waals surface area contributed by atoms with Crippen LogP contribution < -0.4 is 0 Å². The quantitative estimate of drug-likeness (QED) is 0.712. The summed E-state index contributed by atoms with van der Waals surface area (Å²) in [5.41, 5.74) is 0.807. The summed E-state index contributed by atoms with van der Waals surface area (Å²) in [5, 5.41) is 20.6. The van der Waals surface area contributed by atoms with E-state index >= 15 is 0 Å². The van der Waals surface area contributed by atoms with E-state index in [4.69, 9.17) is 0 Å². The van der Waals surface area contributed by atoms with Gasteiger partial charge in [0.25, 0.3) is 0 Å². The third-order valence-electron chi connectivity index (χ3n) is 5.01. The first-order chi connectivity index (χ1) is 8.61. The van der Waals surface area contributed by atoms with Crippen LogP contribution in [-0.4, -0.2) is 22.9 Å². The average molecular weight is 254 g/mol. The molecule has 0 amide bonds. The maximum atomic E-state index is 10.7. The summed E-state index contributed by atoms with van der Waals surface area (Å²) in [4.78, 5) is 0. The predicted molar refractivity (Wildman–Crippen MR) is 76.4 cm³/mol. The van der Waals surface area contributed by atoms with E-state index < -0.39 is 6.10 Å². The lowest BCUT2D eigenvalue weighted by Gasteiger charge is -2.49. The monoisotopic (exact) mass is 254 g/mol. The molecule has 0 fully saturated rings. The largest absolute Gasteiger partial charge is 0.396 e. The van der Waals surface area contributed by atoms with Crippen LogP contribution in [0.15, 0.2) is 11.6 Å². The summed E-state index contributed by atoms with van der Waals surface area (Å²) in [7, 11) is 0. The van der Waals surface area contributed by atoms with E-state index in [1.165, 1.54) is 0 Å². The van der Waals surface area contributed by atoms with Crippen molar-refractivity contribution < 1.29 is 10.2 Å². The lowest BCUT2D eigenvalue weighted by Crippen LogP contribution is -2.50. The maximum Gasteiger partial charge on any atom is 0.0831 e. The molecule has 2 nitrogen and oxygen atoms in total. The van der Waals surface area contributed by atoms with Crippen LogP contribution in [-0.2, 0) is 0 Å². The summed E-state index contributed by atoms with van der Waals surface area (Å²) in [5.74, 6) is 0.920. The van der Waals surface area contributed by atoms with E-state index in [1.807, 2.05) is 0 Å². The van der Waals surface area contributed by atoms with Gasteiger partial charge in [0.1, 0.15) is 0 Å². The topological polar surface area (TPSA) is 40.5 Å². The molecule has 18 heavy (non-hydrogen) atoms. The number of hydrogen-bond acceptors (Lipinski definition) is 2. The Labute approximate surface area is 112 Å². The Balaban J connectivity index is 3.20. The van der Waals surface area contributed by atoms with E-state index in [2.05, 4.69) is 33.8 Å². The lowest BCUT2D eigenvalue weighted by molar-refractivity contribution is -0.0709. The molecule has 0 saturated heterocycles. The van der Waals surface area contributed by atoms with Crippen LogP contribution in [0.25, 0.3) is 0 Å². The summed E-state index contributed by atoms with van der Waals surface area (Å²) < 4.78 is 0. The minimum atomic E-state index is -0.461. The van der Waals surface area contributed by atoms with Gasteiger partial charge in [-0.05, 0) is 43.1 Å². The molecule has 0 saturated carbocycles. The van der Waals surface area contributed by atoms with E-state index in [1.54, 1.807) is 0 Å². The highest BCUT2D eigenvalue weighted by Gasteiger charge is 2.48. The van der Waals surface area contributed by atoms with E-state index in [0.29, 0.717) is 11.8 Å². The third-order valence-corrected chi connectivity index (χ3v) is 5.01. The van der Waals surface area contributed by atoms with Crippen LogP contribution in [0, 0.1) is 17.3 Å². The molecule has 0 aromatic carbocycles. The Morgan fingerprint density at radius 3 is 2.28 bits per heavy atom. The van der Waals surface area contributed by atoms with Crippen LogP contribution >= 0.6 is 0 Å². The first-order valence-corrected chi connectivity index (χ1v) is 7.60. The van der Waals surface area contributed by atoms with Gasteiger partial charge >= 0.3 is 0 Å². The Bertz CT molecular complexity index is 279. The van der Waals surface area contributed by atoms with Gasteiger partial charge in [-0.25, -0.2) is 0 Å². The highest BCUT2D eigenvalue weighted by molar-refractivity contribution is 5.21. The molecule has 0 bridgehead atoms. The normalized spacial score (nSPS) is 36.6. The summed E-state index contributed by atoms with van der Waals surface area (Å²) >= 11 is 0. The van der Waals surface area contributed by atoms with Crippen molar-refractivity contribution >= 4 is 0 Å². The van der Waals surface area contributed by atoms with Crippen molar-refractivity contribution in [3.05, 3.63) is 11.6 Å². The van der Waals surface area contributed by atoms with Gasteiger partial charge in [0.2, 0.25) is 0 Å². The molecular formula is C16H30O2. The highest BCUT2D eigenvalue weighted by atomic mass is 16.3. The second-order valence-electron chi connectivity index (χ2n) is 5.71. The Morgan fingerprint density at radius 2 is 1.89 bits per heavy atom. The highest BCUT2D eigenvalue weighted by Crippen LogP contribution is 2.49. The number of aliphatic hydroxyl groups excluding tert-OH is 2. The van der Waals surface area contributed by atoms with Crippen molar-refractivity contribution in [2.45, 2.75) is 65.9 Å². The van der Waals surface area contributed by atoms with E-state index in [9.17, 15) is 10.2 Å². The molecule has 0 radical (unpaired) electrons. The van der Waals surface area contributed by atoms with Crippen LogP contribution in [0.1, 0.15) is 59.8 Å². The second kappa shape index (κ2) is 6.72. The standard InChI is InChI=1S/C16H30O2/c1-5-9-14-12(6-2)10-13(7-3)15(18)16(14,8-4)11-17/h10,12,14-15,17-18H,5-9,11H2,1-4H3/t12-,14+,15-,16-/m0/s1. The molecule has 0 aromatic heterocycles. The maximum absolute atomic E-state index is 10.7. The summed E-state index contributed by atoms with van der Waals surface area (Å²) in [6, 6.07) is 0. The number of hydrogen-bond donors (Lipinski definition) is 2. The van der Waals surface area contributed by atoms with Crippen molar-refractivity contribution in [3.8, 4) is 0 Å². The van der Waals surface area contributed by atoms with Gasteiger partial charge in [0.15, 0.2) is 0 Å².